The van der Waals surface area contributed by atoms with Gasteiger partial charge in [0.25, 0.3) is 0 Å². The summed E-state index contributed by atoms with van der Waals surface area (Å²) in [6, 6.07) is -0.272. The van der Waals surface area contributed by atoms with Gasteiger partial charge >= 0.3 is 6.18 Å². The third-order valence-corrected chi connectivity index (χ3v) is 4.97. The van der Waals surface area contributed by atoms with Gasteiger partial charge in [0, 0.05) is 12.2 Å². The van der Waals surface area contributed by atoms with Crippen LogP contribution in [0.1, 0.15) is 19.3 Å². The number of hydrogen-bond donors (Lipinski definition) is 2. The maximum absolute atomic E-state index is 12.2. The molecule has 1 fully saturated rings. The lowest BCUT2D eigenvalue weighted by molar-refractivity contribution is -0.142. The Morgan fingerprint density at radius 1 is 1.41 bits per heavy atom. The zero-order chi connectivity index (χ0) is 15.7. The first-order chi connectivity index (χ1) is 9.71. The first kappa shape index (κ1) is 19.2. The smallest absolute Gasteiger partial charge is 0.330 e. The molecule has 0 amide bonds. The number of hydrogen-bond acceptors (Lipinski definition) is 4. The number of nitrogens with one attached hydrogen (secondary N) is 1. The lowest BCUT2D eigenvalue weighted by atomic mass is 10.1. The SMILES string of the molecule is Cl.NCC1CCCC1NS(=O)(=O)c1cnn(CC(F)(F)F)c1. The van der Waals surface area contributed by atoms with Gasteiger partial charge in [-0.15, -0.1) is 12.4 Å². The van der Waals surface area contributed by atoms with Crippen molar-refractivity contribution < 1.29 is 21.6 Å². The molecule has 128 valence electrons. The molecular weight excluding hydrogens is 345 g/mol. The van der Waals surface area contributed by atoms with E-state index in [0.29, 0.717) is 17.6 Å². The van der Waals surface area contributed by atoms with E-state index in [0.717, 1.165) is 25.2 Å². The summed E-state index contributed by atoms with van der Waals surface area (Å²) in [5.74, 6) is 0.0602. The zero-order valence-corrected chi connectivity index (χ0v) is 13.2. The average Bonchev–Trinajstić information content (AvgIpc) is 2.95. The molecule has 1 heterocycles. The largest absolute Gasteiger partial charge is 0.408 e. The topological polar surface area (TPSA) is 90.0 Å². The Morgan fingerprint density at radius 3 is 2.68 bits per heavy atom. The lowest BCUT2D eigenvalue weighted by Crippen LogP contribution is -2.39. The molecule has 2 atom stereocenters. The highest BCUT2D eigenvalue weighted by atomic mass is 35.5. The first-order valence-corrected chi connectivity index (χ1v) is 8.01. The monoisotopic (exact) mass is 362 g/mol. The van der Waals surface area contributed by atoms with Crippen molar-refractivity contribution in [2.24, 2.45) is 11.7 Å². The van der Waals surface area contributed by atoms with E-state index >= 15 is 0 Å². The molecule has 0 spiro atoms. The number of nitrogens with zero attached hydrogens (tertiary/aromatic N) is 2. The summed E-state index contributed by atoms with van der Waals surface area (Å²) < 4.78 is 64.0. The van der Waals surface area contributed by atoms with Crippen LogP contribution in [0.25, 0.3) is 0 Å². The molecule has 0 radical (unpaired) electrons. The van der Waals surface area contributed by atoms with Crippen molar-refractivity contribution in [1.82, 2.24) is 14.5 Å². The summed E-state index contributed by atoms with van der Waals surface area (Å²) in [7, 11) is -3.88. The third kappa shape index (κ3) is 4.83. The van der Waals surface area contributed by atoms with Crippen molar-refractivity contribution in [2.75, 3.05) is 6.54 Å². The predicted molar refractivity (Wildman–Crippen MR) is 76.0 cm³/mol. The second-order valence-corrected chi connectivity index (χ2v) is 6.86. The van der Waals surface area contributed by atoms with Crippen molar-refractivity contribution in [2.45, 2.75) is 42.9 Å². The minimum atomic E-state index is -4.45. The third-order valence-electron chi connectivity index (χ3n) is 3.53. The number of aromatic nitrogens is 2. The number of alkyl halides is 3. The molecule has 1 saturated carbocycles. The van der Waals surface area contributed by atoms with Gasteiger partial charge in [-0.2, -0.15) is 18.3 Å². The molecule has 11 heteroatoms. The highest BCUT2D eigenvalue weighted by Crippen LogP contribution is 2.26. The normalized spacial score (nSPS) is 22.5. The molecule has 2 unspecified atom stereocenters. The number of halogens is 4. The average molecular weight is 363 g/mol. The van der Waals surface area contributed by atoms with E-state index in [1.165, 1.54) is 0 Å². The molecule has 1 aromatic rings. The van der Waals surface area contributed by atoms with Crippen LogP contribution in [0.5, 0.6) is 0 Å². The Bertz CT molecular complexity index is 590. The van der Waals surface area contributed by atoms with E-state index in [4.69, 9.17) is 5.73 Å². The molecule has 0 saturated heterocycles. The van der Waals surface area contributed by atoms with Crippen LogP contribution in [0.2, 0.25) is 0 Å². The summed E-state index contributed by atoms with van der Waals surface area (Å²) in [5, 5.41) is 3.43. The van der Waals surface area contributed by atoms with Crippen LogP contribution in [0.15, 0.2) is 17.3 Å². The second kappa shape index (κ2) is 7.16. The van der Waals surface area contributed by atoms with E-state index in [1.807, 2.05) is 0 Å². The Labute approximate surface area is 132 Å². The zero-order valence-electron chi connectivity index (χ0n) is 11.6. The number of nitrogens with two attached hydrogens (primary N) is 1. The van der Waals surface area contributed by atoms with Gasteiger partial charge in [0.15, 0.2) is 0 Å². The molecule has 2 rings (SSSR count). The minimum Gasteiger partial charge on any atom is -0.330 e. The van der Waals surface area contributed by atoms with Crippen LogP contribution in [0.4, 0.5) is 13.2 Å². The Hall–Kier alpha value is -0.840. The van der Waals surface area contributed by atoms with Crippen molar-refractivity contribution >= 4 is 22.4 Å². The van der Waals surface area contributed by atoms with Crippen LogP contribution in [0, 0.1) is 5.92 Å². The van der Waals surface area contributed by atoms with Crippen molar-refractivity contribution in [3.8, 4) is 0 Å². The van der Waals surface area contributed by atoms with Crippen molar-refractivity contribution in [3.05, 3.63) is 12.4 Å². The van der Waals surface area contributed by atoms with Gasteiger partial charge in [0.2, 0.25) is 10.0 Å². The standard InChI is InChI=1S/C11H17F3N4O2S.ClH/c12-11(13,14)7-18-6-9(5-16-18)21(19,20)17-10-3-1-2-8(10)4-15;/h5-6,8,10,17H,1-4,7,15H2;1H. The molecule has 3 N–H and O–H groups in total. The lowest BCUT2D eigenvalue weighted by Gasteiger charge is -2.18. The fourth-order valence-electron chi connectivity index (χ4n) is 2.49. The highest BCUT2D eigenvalue weighted by Gasteiger charge is 2.32. The van der Waals surface area contributed by atoms with Gasteiger partial charge in [0.05, 0.1) is 6.20 Å². The minimum absolute atomic E-state index is 0. The van der Waals surface area contributed by atoms with E-state index in [1.54, 1.807) is 0 Å². The Kier molecular flexibility index (Phi) is 6.25. The molecule has 1 aromatic heterocycles. The Morgan fingerprint density at radius 2 is 2.09 bits per heavy atom. The second-order valence-electron chi connectivity index (χ2n) is 5.14. The van der Waals surface area contributed by atoms with Crippen LogP contribution >= 0.6 is 12.4 Å². The van der Waals surface area contributed by atoms with Crippen LogP contribution < -0.4 is 10.5 Å². The Balaban J connectivity index is 0.00000242. The van der Waals surface area contributed by atoms with Gasteiger partial charge in [-0.1, -0.05) is 6.42 Å². The van der Waals surface area contributed by atoms with Crippen molar-refractivity contribution in [1.29, 1.82) is 0 Å². The molecule has 0 bridgehead atoms. The van der Waals surface area contributed by atoms with E-state index in [9.17, 15) is 21.6 Å². The van der Waals surface area contributed by atoms with Crippen LogP contribution in [-0.4, -0.2) is 37.0 Å². The van der Waals surface area contributed by atoms with Gasteiger partial charge < -0.3 is 5.73 Å². The molecule has 6 nitrogen and oxygen atoms in total. The molecule has 1 aliphatic carbocycles. The van der Waals surface area contributed by atoms with E-state index in [2.05, 4.69) is 9.82 Å². The molecule has 1 aliphatic rings. The van der Waals surface area contributed by atoms with Crippen LogP contribution in [-0.2, 0) is 16.6 Å². The van der Waals surface area contributed by atoms with Gasteiger partial charge in [0.1, 0.15) is 11.4 Å². The summed E-state index contributed by atoms with van der Waals surface area (Å²) in [6.07, 6.45) is -0.253. The molecule has 22 heavy (non-hydrogen) atoms. The summed E-state index contributed by atoms with van der Waals surface area (Å²) >= 11 is 0. The summed E-state index contributed by atoms with van der Waals surface area (Å²) in [5.41, 5.74) is 5.58. The van der Waals surface area contributed by atoms with Crippen molar-refractivity contribution in [3.63, 3.8) is 0 Å². The quantitative estimate of drug-likeness (QED) is 0.825. The van der Waals surface area contributed by atoms with Gasteiger partial charge in [-0.3, -0.25) is 4.68 Å². The molecular formula is C11H18ClF3N4O2S. The fraction of sp³-hybridized carbons (Fsp3) is 0.727. The van der Waals surface area contributed by atoms with Gasteiger partial charge in [-0.05, 0) is 25.3 Å². The first-order valence-electron chi connectivity index (χ1n) is 6.53. The molecule has 0 aromatic carbocycles. The summed E-state index contributed by atoms with van der Waals surface area (Å²) in [6.45, 7) is -0.947. The number of rotatable bonds is 5. The van der Waals surface area contributed by atoms with E-state index < -0.39 is 22.7 Å². The van der Waals surface area contributed by atoms with Gasteiger partial charge in [-0.25, -0.2) is 13.1 Å². The fourth-order valence-corrected chi connectivity index (χ4v) is 3.79. The van der Waals surface area contributed by atoms with E-state index in [-0.39, 0.29) is 29.3 Å². The maximum atomic E-state index is 12.2. The molecule has 0 aliphatic heterocycles. The maximum Gasteiger partial charge on any atom is 0.408 e. The predicted octanol–water partition coefficient (Wildman–Crippen LogP) is 1.27. The van der Waals surface area contributed by atoms with Crippen LogP contribution in [0.3, 0.4) is 0 Å². The highest BCUT2D eigenvalue weighted by molar-refractivity contribution is 7.89. The number of sulfonamides is 1. The summed E-state index contributed by atoms with van der Waals surface area (Å²) in [4.78, 5) is -0.269.